The van der Waals surface area contributed by atoms with Crippen LogP contribution in [0.25, 0.3) is 11.2 Å². The molecule has 3 rings (SSSR count). The Bertz CT molecular complexity index is 967. The van der Waals surface area contributed by atoms with Gasteiger partial charge in [-0.05, 0) is 43.7 Å². The average molecular weight is 381 g/mol. The third-order valence-corrected chi connectivity index (χ3v) is 3.65. The monoisotopic (exact) mass is 381 g/mol. The summed E-state index contributed by atoms with van der Waals surface area (Å²) in [6.07, 6.45) is 1.59. The maximum atomic E-state index is 13.3. The summed E-state index contributed by atoms with van der Waals surface area (Å²) in [5, 5.41) is 8.29. The maximum Gasteiger partial charge on any atom is 0.323 e. The van der Waals surface area contributed by atoms with Crippen LogP contribution in [0.1, 0.15) is 25.1 Å². The zero-order chi connectivity index (χ0) is 20.0. The highest BCUT2D eigenvalue weighted by Gasteiger charge is 2.10. The fourth-order valence-corrected chi connectivity index (χ4v) is 2.29. The summed E-state index contributed by atoms with van der Waals surface area (Å²) in [5.41, 5.74) is 3.15. The van der Waals surface area contributed by atoms with E-state index in [2.05, 4.69) is 30.9 Å². The summed E-state index contributed by atoms with van der Waals surface area (Å²) in [5.74, 6) is 0.296. The predicted molar refractivity (Wildman–Crippen MR) is 112 cm³/mol. The zero-order valence-electron chi connectivity index (χ0n) is 16.6. The van der Waals surface area contributed by atoms with Crippen molar-refractivity contribution in [3.05, 3.63) is 47.5 Å². The molecule has 0 saturated carbocycles. The highest BCUT2D eigenvalue weighted by Crippen LogP contribution is 2.20. The number of carbonyl (C=O) groups is 1. The molecule has 3 N–H and O–H groups in total. The van der Waals surface area contributed by atoms with Crippen LogP contribution >= 0.6 is 0 Å². The van der Waals surface area contributed by atoms with Crippen molar-refractivity contribution >= 4 is 42.8 Å². The van der Waals surface area contributed by atoms with Gasteiger partial charge < -0.3 is 16.0 Å². The van der Waals surface area contributed by atoms with Crippen molar-refractivity contribution in [3.63, 3.8) is 0 Å². The number of aromatic nitrogens is 3. The minimum atomic E-state index is -0.449. The van der Waals surface area contributed by atoms with Crippen LogP contribution in [0.5, 0.6) is 0 Å². The molecular weight excluding hydrogens is 358 g/mol. The lowest BCUT2D eigenvalue weighted by molar-refractivity contribution is 0.262. The Hall–Kier alpha value is -3.23. The van der Waals surface area contributed by atoms with Gasteiger partial charge in [0, 0.05) is 21.1 Å². The number of carbonyl (C=O) groups excluding carboxylic acids is 1. The molecule has 2 heterocycles. The van der Waals surface area contributed by atoms with Crippen LogP contribution in [0.15, 0.2) is 30.5 Å². The number of nitrogens with zero attached hydrogens (tertiary/aromatic N) is 3. The Morgan fingerprint density at radius 2 is 1.79 bits per heavy atom. The van der Waals surface area contributed by atoms with E-state index in [1.165, 1.54) is 12.1 Å². The molecule has 0 unspecified atom stereocenters. The number of rotatable bonds is 3. The standard InChI is InChI=1S/C17H17FN6O.C2H6.B/c1-9-6-11(4-5-12(9)18)22-17(25)23-13-7-14-16(21-10(13)2)24-15(19-3)8-20-14;1-2;/h4-8H,1-3H3,(H,19,21,24)(H2,22,23,25);1-2H3;. The molecule has 2 amide bonds. The van der Waals surface area contributed by atoms with Gasteiger partial charge in [-0.1, -0.05) is 13.8 Å². The second-order valence-corrected chi connectivity index (χ2v) is 5.51. The molecule has 0 aliphatic heterocycles. The third kappa shape index (κ3) is 5.39. The van der Waals surface area contributed by atoms with Gasteiger partial charge in [0.05, 0.1) is 17.6 Å². The first-order valence-corrected chi connectivity index (χ1v) is 8.62. The van der Waals surface area contributed by atoms with Gasteiger partial charge in [0.25, 0.3) is 0 Å². The van der Waals surface area contributed by atoms with Crippen molar-refractivity contribution in [3.8, 4) is 0 Å². The zero-order valence-corrected chi connectivity index (χ0v) is 16.6. The van der Waals surface area contributed by atoms with Crippen molar-refractivity contribution in [2.24, 2.45) is 0 Å². The van der Waals surface area contributed by atoms with Gasteiger partial charge in [0.2, 0.25) is 0 Å². The largest absolute Gasteiger partial charge is 0.372 e. The van der Waals surface area contributed by atoms with Crippen LogP contribution in [-0.2, 0) is 0 Å². The summed E-state index contributed by atoms with van der Waals surface area (Å²) < 4.78 is 13.3. The summed E-state index contributed by atoms with van der Waals surface area (Å²) in [6, 6.07) is 5.63. The summed E-state index contributed by atoms with van der Waals surface area (Å²) in [6.45, 7) is 7.40. The molecule has 0 saturated heterocycles. The second-order valence-electron chi connectivity index (χ2n) is 5.51. The number of fused-ring (bicyclic) bond motifs is 1. The van der Waals surface area contributed by atoms with E-state index in [0.29, 0.717) is 39.6 Å². The number of halogens is 1. The fraction of sp³-hybridized carbons (Fsp3) is 0.263. The van der Waals surface area contributed by atoms with Gasteiger partial charge in [0.15, 0.2) is 5.65 Å². The van der Waals surface area contributed by atoms with Gasteiger partial charge in [-0.3, -0.25) is 0 Å². The Morgan fingerprint density at radius 1 is 1.07 bits per heavy atom. The number of anilines is 3. The molecular formula is C19H23BFN6O. The van der Waals surface area contributed by atoms with Gasteiger partial charge in [0.1, 0.15) is 17.2 Å². The van der Waals surface area contributed by atoms with E-state index < -0.39 is 6.03 Å². The minimum Gasteiger partial charge on any atom is -0.372 e. The van der Waals surface area contributed by atoms with E-state index >= 15 is 0 Å². The van der Waals surface area contributed by atoms with E-state index in [9.17, 15) is 9.18 Å². The number of urea groups is 1. The van der Waals surface area contributed by atoms with Crippen LogP contribution in [0.3, 0.4) is 0 Å². The van der Waals surface area contributed by atoms with Crippen LogP contribution in [0.2, 0.25) is 0 Å². The molecule has 2 aromatic heterocycles. The third-order valence-electron chi connectivity index (χ3n) is 3.65. The number of aryl methyl sites for hydroxylation is 2. The van der Waals surface area contributed by atoms with Crippen molar-refractivity contribution in [2.45, 2.75) is 27.7 Å². The van der Waals surface area contributed by atoms with E-state index in [0.717, 1.165) is 0 Å². The summed E-state index contributed by atoms with van der Waals surface area (Å²) in [7, 11) is 1.75. The maximum absolute atomic E-state index is 13.3. The lowest BCUT2D eigenvalue weighted by Gasteiger charge is -2.11. The first-order chi connectivity index (χ1) is 13.0. The molecule has 28 heavy (non-hydrogen) atoms. The molecule has 9 heteroatoms. The number of hydrogen-bond donors (Lipinski definition) is 3. The van der Waals surface area contributed by atoms with Crippen LogP contribution in [0, 0.1) is 19.7 Å². The molecule has 0 spiro atoms. The van der Waals surface area contributed by atoms with Gasteiger partial charge in [-0.15, -0.1) is 0 Å². The topological polar surface area (TPSA) is 91.8 Å². The molecule has 0 atom stereocenters. The fourth-order valence-electron chi connectivity index (χ4n) is 2.29. The van der Waals surface area contributed by atoms with Gasteiger partial charge in [-0.25, -0.2) is 24.1 Å². The van der Waals surface area contributed by atoms with Crippen molar-refractivity contribution in [2.75, 3.05) is 23.0 Å². The number of hydrogen-bond acceptors (Lipinski definition) is 5. The molecule has 0 aliphatic carbocycles. The predicted octanol–water partition coefficient (Wildman–Crippen LogP) is 4.11. The second kappa shape index (κ2) is 10.2. The van der Waals surface area contributed by atoms with E-state index in [-0.39, 0.29) is 14.2 Å². The molecule has 0 bridgehead atoms. The van der Waals surface area contributed by atoms with E-state index in [4.69, 9.17) is 0 Å². The average Bonchev–Trinajstić information content (AvgIpc) is 2.66. The summed E-state index contributed by atoms with van der Waals surface area (Å²) >= 11 is 0. The van der Waals surface area contributed by atoms with Gasteiger partial charge >= 0.3 is 6.03 Å². The van der Waals surface area contributed by atoms with Crippen molar-refractivity contribution in [1.82, 2.24) is 15.0 Å². The Morgan fingerprint density at radius 3 is 2.43 bits per heavy atom. The molecule has 3 aromatic rings. The molecule has 0 aliphatic rings. The summed E-state index contributed by atoms with van der Waals surface area (Å²) in [4.78, 5) is 25.1. The van der Waals surface area contributed by atoms with Crippen LogP contribution in [0.4, 0.5) is 26.4 Å². The lowest BCUT2D eigenvalue weighted by atomic mass is 10.2. The number of pyridine rings is 1. The van der Waals surface area contributed by atoms with E-state index in [1.54, 1.807) is 39.2 Å². The molecule has 3 radical (unpaired) electrons. The first kappa shape index (κ1) is 22.8. The van der Waals surface area contributed by atoms with Gasteiger partial charge in [-0.2, -0.15) is 0 Å². The Balaban J connectivity index is 0.00000127. The quantitative estimate of drug-likeness (QED) is 0.594. The first-order valence-electron chi connectivity index (χ1n) is 8.62. The molecule has 0 fully saturated rings. The lowest BCUT2D eigenvalue weighted by Crippen LogP contribution is -2.20. The van der Waals surface area contributed by atoms with Crippen LogP contribution < -0.4 is 16.0 Å². The Labute approximate surface area is 165 Å². The van der Waals surface area contributed by atoms with E-state index in [1.807, 2.05) is 13.8 Å². The SMILES string of the molecule is CC.CNc1cnc2cc(NC(=O)Nc3ccc(F)c(C)c3)c(C)nc2n1.[B]. The van der Waals surface area contributed by atoms with Crippen molar-refractivity contribution in [1.29, 1.82) is 0 Å². The normalized spacial score (nSPS) is 9.64. The highest BCUT2D eigenvalue weighted by molar-refractivity contribution is 6.00. The Kier molecular flexibility index (Phi) is 8.31. The minimum absolute atomic E-state index is 0. The number of benzene rings is 1. The van der Waals surface area contributed by atoms with Crippen molar-refractivity contribution < 1.29 is 9.18 Å². The van der Waals surface area contributed by atoms with Crippen LogP contribution in [-0.4, -0.2) is 36.4 Å². The number of amides is 2. The highest BCUT2D eigenvalue weighted by atomic mass is 19.1. The molecule has 1 aromatic carbocycles. The number of nitrogens with one attached hydrogen (secondary N) is 3. The molecule has 145 valence electrons. The molecule has 7 nitrogen and oxygen atoms in total. The smallest absolute Gasteiger partial charge is 0.323 e.